The molecule has 116 valence electrons. The summed E-state index contributed by atoms with van der Waals surface area (Å²) in [5.74, 6) is 0. The predicted molar refractivity (Wildman–Crippen MR) is 78.1 cm³/mol. The number of fused-ring (bicyclic) bond motifs is 2. The third kappa shape index (κ3) is 2.54. The average Bonchev–Trinajstić information content (AvgIpc) is 2.41. The molecule has 0 radical (unpaired) electrons. The van der Waals surface area contributed by atoms with E-state index in [2.05, 4.69) is 0 Å². The van der Waals surface area contributed by atoms with Gasteiger partial charge in [-0.2, -0.15) is 16.8 Å². The molecule has 0 aliphatic heterocycles. The van der Waals surface area contributed by atoms with Crippen LogP contribution in [0.1, 0.15) is 22.3 Å². The molecular weight excluding hydrogens is 328 g/mol. The van der Waals surface area contributed by atoms with Gasteiger partial charge in [0, 0.05) is 0 Å². The topological polar surface area (TPSA) is 109 Å². The van der Waals surface area contributed by atoms with Crippen molar-refractivity contribution in [3.63, 3.8) is 0 Å². The Morgan fingerprint density at radius 2 is 1.05 bits per heavy atom. The third-order valence-electron chi connectivity index (χ3n) is 3.75. The Kier molecular flexibility index (Phi) is 3.37. The number of hydrogen-bond acceptors (Lipinski definition) is 4. The van der Waals surface area contributed by atoms with E-state index in [0.717, 1.165) is 0 Å². The van der Waals surface area contributed by atoms with Crippen molar-refractivity contribution in [1.29, 1.82) is 0 Å². The van der Waals surface area contributed by atoms with Crippen molar-refractivity contribution in [2.45, 2.75) is 22.6 Å². The number of benzene rings is 2. The Bertz CT molecular complexity index is 893. The van der Waals surface area contributed by atoms with Gasteiger partial charge in [-0.25, -0.2) is 0 Å². The Labute approximate surface area is 127 Å². The molecule has 0 saturated heterocycles. The van der Waals surface area contributed by atoms with Gasteiger partial charge in [-0.3, -0.25) is 9.11 Å². The first-order valence-corrected chi connectivity index (χ1v) is 9.22. The van der Waals surface area contributed by atoms with Gasteiger partial charge in [0.25, 0.3) is 20.2 Å². The molecule has 0 amide bonds. The van der Waals surface area contributed by atoms with Crippen LogP contribution in [0.3, 0.4) is 0 Å². The standard InChI is InChI=1S/C14H12O6S2/c15-21(16,17)13-5-1-3-9-7-12-10(8-11(9)13)4-2-6-14(12)22(18,19)20/h1-6H,7-8H2,(H,15,16,17)(H,18,19,20). The second-order valence-corrected chi connectivity index (χ2v) is 7.87. The van der Waals surface area contributed by atoms with Gasteiger partial charge < -0.3 is 0 Å². The van der Waals surface area contributed by atoms with Gasteiger partial charge in [-0.05, 0) is 47.2 Å². The van der Waals surface area contributed by atoms with Crippen molar-refractivity contribution in [3.05, 3.63) is 58.7 Å². The SMILES string of the molecule is O=S(=O)(O)c1cccc2c1Cc1cccc(S(=O)(=O)O)c1C2. The zero-order valence-electron chi connectivity index (χ0n) is 11.2. The molecule has 1 aliphatic carbocycles. The van der Waals surface area contributed by atoms with Gasteiger partial charge in [-0.15, -0.1) is 0 Å². The van der Waals surface area contributed by atoms with Crippen LogP contribution in [0.15, 0.2) is 46.2 Å². The van der Waals surface area contributed by atoms with E-state index in [1.54, 1.807) is 12.1 Å². The summed E-state index contributed by atoms with van der Waals surface area (Å²) < 4.78 is 64.5. The van der Waals surface area contributed by atoms with Crippen molar-refractivity contribution in [2.75, 3.05) is 0 Å². The van der Waals surface area contributed by atoms with Crippen LogP contribution in [0.4, 0.5) is 0 Å². The summed E-state index contributed by atoms with van der Waals surface area (Å²) >= 11 is 0. The van der Waals surface area contributed by atoms with Gasteiger partial charge in [0.1, 0.15) is 0 Å². The maximum atomic E-state index is 11.5. The molecule has 0 heterocycles. The molecule has 0 unspecified atom stereocenters. The maximum Gasteiger partial charge on any atom is 0.294 e. The van der Waals surface area contributed by atoms with Crippen molar-refractivity contribution in [3.8, 4) is 0 Å². The molecule has 0 atom stereocenters. The van der Waals surface area contributed by atoms with Crippen molar-refractivity contribution in [1.82, 2.24) is 0 Å². The minimum atomic E-state index is -4.35. The first-order chi connectivity index (χ1) is 10.2. The zero-order valence-corrected chi connectivity index (χ0v) is 12.9. The highest BCUT2D eigenvalue weighted by atomic mass is 32.2. The molecule has 1 aliphatic rings. The van der Waals surface area contributed by atoms with E-state index < -0.39 is 20.2 Å². The molecule has 2 aromatic rings. The van der Waals surface area contributed by atoms with Crippen LogP contribution in [0.25, 0.3) is 0 Å². The molecule has 0 bridgehead atoms. The Hall–Kier alpha value is -1.74. The fourth-order valence-electron chi connectivity index (χ4n) is 2.82. The largest absolute Gasteiger partial charge is 0.294 e. The number of hydrogen-bond donors (Lipinski definition) is 2. The predicted octanol–water partition coefficient (Wildman–Crippen LogP) is 1.68. The minimum absolute atomic E-state index is 0.171. The smallest absolute Gasteiger partial charge is 0.282 e. The van der Waals surface area contributed by atoms with Crippen molar-refractivity contribution >= 4 is 20.2 Å². The molecule has 0 fully saturated rings. The summed E-state index contributed by atoms with van der Waals surface area (Å²) in [5.41, 5.74) is 2.12. The second-order valence-electron chi connectivity index (χ2n) is 5.09. The van der Waals surface area contributed by atoms with Crippen molar-refractivity contribution < 1.29 is 25.9 Å². The summed E-state index contributed by atoms with van der Waals surface area (Å²) in [6.45, 7) is 0. The highest BCUT2D eigenvalue weighted by Gasteiger charge is 2.27. The fourth-order valence-corrected chi connectivity index (χ4v) is 4.35. The minimum Gasteiger partial charge on any atom is -0.282 e. The Morgan fingerprint density at radius 1 is 0.682 bits per heavy atom. The summed E-state index contributed by atoms with van der Waals surface area (Å²) in [4.78, 5) is -0.346. The third-order valence-corrected chi connectivity index (χ3v) is 5.63. The summed E-state index contributed by atoms with van der Waals surface area (Å²) in [7, 11) is -8.71. The second kappa shape index (κ2) is 4.88. The first kappa shape index (κ1) is 15.2. The Balaban J connectivity index is 2.23. The highest BCUT2D eigenvalue weighted by molar-refractivity contribution is 7.86. The normalized spacial score (nSPS) is 14.3. The van der Waals surface area contributed by atoms with Crippen LogP contribution >= 0.6 is 0 Å². The lowest BCUT2D eigenvalue weighted by molar-refractivity contribution is 0.478. The summed E-state index contributed by atoms with van der Waals surface area (Å²) in [6.07, 6.45) is 0.341. The molecular formula is C14H12O6S2. The highest BCUT2D eigenvalue weighted by Crippen LogP contribution is 2.34. The molecule has 0 aromatic heterocycles. The lowest BCUT2D eigenvalue weighted by atomic mass is 9.86. The lowest BCUT2D eigenvalue weighted by Gasteiger charge is -2.22. The van der Waals surface area contributed by atoms with Gasteiger partial charge in [-0.1, -0.05) is 24.3 Å². The summed E-state index contributed by atoms with van der Waals surface area (Å²) in [6, 6.07) is 8.95. The Morgan fingerprint density at radius 3 is 1.36 bits per heavy atom. The molecule has 22 heavy (non-hydrogen) atoms. The van der Waals surface area contributed by atoms with E-state index >= 15 is 0 Å². The zero-order chi connectivity index (χ0) is 16.1. The van der Waals surface area contributed by atoms with E-state index in [4.69, 9.17) is 0 Å². The van der Waals surface area contributed by atoms with Crippen LogP contribution < -0.4 is 0 Å². The lowest BCUT2D eigenvalue weighted by Crippen LogP contribution is -2.15. The quantitative estimate of drug-likeness (QED) is 0.687. The molecule has 0 spiro atoms. The maximum absolute atomic E-state index is 11.5. The monoisotopic (exact) mass is 340 g/mol. The molecule has 6 nitrogen and oxygen atoms in total. The van der Waals surface area contributed by atoms with E-state index in [-0.39, 0.29) is 22.6 Å². The number of rotatable bonds is 2. The van der Waals surface area contributed by atoms with Crippen LogP contribution in [0.5, 0.6) is 0 Å². The van der Waals surface area contributed by atoms with Crippen LogP contribution in [-0.2, 0) is 33.1 Å². The van der Waals surface area contributed by atoms with E-state index in [1.165, 1.54) is 24.3 Å². The summed E-state index contributed by atoms with van der Waals surface area (Å²) in [5, 5.41) is 0. The average molecular weight is 340 g/mol. The molecule has 2 aromatic carbocycles. The van der Waals surface area contributed by atoms with E-state index in [1.807, 2.05) is 0 Å². The van der Waals surface area contributed by atoms with E-state index in [9.17, 15) is 25.9 Å². The van der Waals surface area contributed by atoms with Gasteiger partial charge in [0.05, 0.1) is 9.79 Å². The van der Waals surface area contributed by atoms with Gasteiger partial charge in [0.2, 0.25) is 0 Å². The van der Waals surface area contributed by atoms with Crippen LogP contribution in [0.2, 0.25) is 0 Å². The molecule has 2 N–H and O–H groups in total. The fraction of sp³-hybridized carbons (Fsp3) is 0.143. The van der Waals surface area contributed by atoms with Crippen molar-refractivity contribution in [2.24, 2.45) is 0 Å². The van der Waals surface area contributed by atoms with Crippen LogP contribution in [0, 0.1) is 0 Å². The molecule has 0 saturated carbocycles. The van der Waals surface area contributed by atoms with Crippen LogP contribution in [-0.4, -0.2) is 25.9 Å². The first-order valence-electron chi connectivity index (χ1n) is 6.34. The van der Waals surface area contributed by atoms with Gasteiger partial charge >= 0.3 is 0 Å². The molecule has 3 rings (SSSR count). The molecule has 8 heteroatoms. The van der Waals surface area contributed by atoms with Gasteiger partial charge in [0.15, 0.2) is 0 Å². The van der Waals surface area contributed by atoms with E-state index in [0.29, 0.717) is 22.3 Å².